The van der Waals surface area contributed by atoms with E-state index in [4.69, 9.17) is 22.4 Å². The Bertz CT molecular complexity index is 695. The highest BCUT2D eigenvalue weighted by Crippen LogP contribution is 2.29. The van der Waals surface area contributed by atoms with E-state index in [9.17, 15) is 4.79 Å². The molecule has 0 aromatic heterocycles. The second-order valence-electron chi connectivity index (χ2n) is 15.7. The fraction of sp³-hybridized carbons (Fsp3) is 0.968. The zero-order valence-electron chi connectivity index (χ0n) is 29.7. The van der Waals surface area contributed by atoms with Crippen molar-refractivity contribution in [3.05, 3.63) is 0 Å². The number of esters is 1. The van der Waals surface area contributed by atoms with E-state index >= 15 is 0 Å². The van der Waals surface area contributed by atoms with Crippen LogP contribution in [-0.4, -0.2) is 70.8 Å². The third kappa shape index (κ3) is 24.2. The lowest BCUT2D eigenvalue weighted by Gasteiger charge is -2.39. The molecular weight excluding hydrogens is 581 g/mol. The Morgan fingerprint density at radius 3 is 1.12 bits per heavy atom. The van der Waals surface area contributed by atoms with Crippen LogP contribution in [-0.2, 0) is 27.2 Å². The van der Waals surface area contributed by atoms with Crippen LogP contribution in [0.4, 0.5) is 0 Å². The molecule has 0 saturated heterocycles. The standard InChI is InChI=1S/C31H70O6Si4/c1-15-16-19-22-27(34-38(3,4)5)29(36-40(9,10)11)25-26-30(37-41(12,13)14)28(35-39(6,7)8)23-20-17-18-21-24-31(32)33-2/h27-30H,15-26H2,1-14H3. The van der Waals surface area contributed by atoms with Gasteiger partial charge in [-0.15, -0.1) is 0 Å². The molecule has 6 nitrogen and oxygen atoms in total. The van der Waals surface area contributed by atoms with Crippen LogP contribution in [0.2, 0.25) is 78.6 Å². The van der Waals surface area contributed by atoms with E-state index in [-0.39, 0.29) is 30.4 Å². The summed E-state index contributed by atoms with van der Waals surface area (Å²) < 4.78 is 32.3. The highest BCUT2D eigenvalue weighted by Gasteiger charge is 2.36. The molecule has 0 aliphatic heterocycles. The van der Waals surface area contributed by atoms with Crippen molar-refractivity contribution in [1.29, 1.82) is 0 Å². The molecule has 0 aliphatic rings. The summed E-state index contributed by atoms with van der Waals surface area (Å²) >= 11 is 0. The Hall–Kier alpha value is 0.178. The van der Waals surface area contributed by atoms with E-state index in [1.54, 1.807) is 0 Å². The van der Waals surface area contributed by atoms with Gasteiger partial charge >= 0.3 is 5.97 Å². The maximum Gasteiger partial charge on any atom is 0.305 e. The molecule has 4 unspecified atom stereocenters. The molecule has 0 saturated carbocycles. The van der Waals surface area contributed by atoms with E-state index in [0.717, 1.165) is 51.4 Å². The monoisotopic (exact) mass is 650 g/mol. The van der Waals surface area contributed by atoms with Gasteiger partial charge in [-0.05, 0) is 111 Å². The summed E-state index contributed by atoms with van der Waals surface area (Å²) in [6.07, 6.45) is 12.5. The lowest BCUT2D eigenvalue weighted by Crippen LogP contribution is -2.47. The molecule has 4 atom stereocenters. The van der Waals surface area contributed by atoms with Crippen LogP contribution < -0.4 is 0 Å². The minimum Gasteiger partial charge on any atom is -0.469 e. The van der Waals surface area contributed by atoms with Crippen molar-refractivity contribution >= 4 is 39.2 Å². The van der Waals surface area contributed by atoms with Crippen molar-refractivity contribution in [3.8, 4) is 0 Å². The Labute approximate surface area is 259 Å². The zero-order chi connectivity index (χ0) is 31.9. The molecule has 41 heavy (non-hydrogen) atoms. The van der Waals surface area contributed by atoms with Crippen LogP contribution in [0.3, 0.4) is 0 Å². The van der Waals surface area contributed by atoms with Gasteiger partial charge in [0.1, 0.15) is 0 Å². The Balaban J connectivity index is 5.87. The second-order valence-corrected chi connectivity index (χ2v) is 33.5. The molecule has 0 aromatic carbocycles. The van der Waals surface area contributed by atoms with Crippen molar-refractivity contribution in [2.75, 3.05) is 7.11 Å². The van der Waals surface area contributed by atoms with Crippen molar-refractivity contribution in [2.24, 2.45) is 0 Å². The van der Waals surface area contributed by atoms with Gasteiger partial charge in [-0.1, -0.05) is 45.4 Å². The molecule has 0 fully saturated rings. The number of carbonyl (C=O) groups is 1. The summed E-state index contributed by atoms with van der Waals surface area (Å²) in [5.41, 5.74) is 0. The molecular formula is C31H70O6Si4. The lowest BCUT2D eigenvalue weighted by atomic mass is 9.97. The predicted octanol–water partition coefficient (Wildman–Crippen LogP) is 9.74. The number of methoxy groups -OCH3 is 1. The molecule has 246 valence electrons. The summed E-state index contributed by atoms with van der Waals surface area (Å²) in [6, 6.07) is 0. The predicted molar refractivity (Wildman–Crippen MR) is 186 cm³/mol. The van der Waals surface area contributed by atoms with Gasteiger partial charge in [-0.25, -0.2) is 0 Å². The molecule has 0 radical (unpaired) electrons. The number of hydrogen-bond acceptors (Lipinski definition) is 6. The third-order valence-corrected chi connectivity index (χ3v) is 10.6. The smallest absolute Gasteiger partial charge is 0.305 e. The van der Waals surface area contributed by atoms with E-state index in [1.807, 2.05) is 0 Å². The maximum atomic E-state index is 11.5. The van der Waals surface area contributed by atoms with Crippen molar-refractivity contribution < 1.29 is 27.2 Å². The van der Waals surface area contributed by atoms with Crippen LogP contribution in [0.25, 0.3) is 0 Å². The molecule has 0 N–H and O–H groups in total. The van der Waals surface area contributed by atoms with Gasteiger partial charge in [-0.3, -0.25) is 4.79 Å². The molecule has 0 bridgehead atoms. The fourth-order valence-corrected chi connectivity index (χ4v) is 9.81. The van der Waals surface area contributed by atoms with E-state index in [0.29, 0.717) is 6.42 Å². The van der Waals surface area contributed by atoms with Crippen molar-refractivity contribution in [3.63, 3.8) is 0 Å². The minimum absolute atomic E-state index is 0.0550. The number of rotatable bonds is 24. The summed E-state index contributed by atoms with van der Waals surface area (Å²) in [6.45, 7) is 29.8. The molecule has 0 rings (SSSR count). The maximum absolute atomic E-state index is 11.5. The van der Waals surface area contributed by atoms with Crippen molar-refractivity contribution in [2.45, 2.75) is 187 Å². The number of ether oxygens (including phenoxy) is 1. The Morgan fingerprint density at radius 1 is 0.488 bits per heavy atom. The SMILES string of the molecule is CCCCCC(O[Si](C)(C)C)C(CCC(O[Si](C)(C)C)C(CCCCCCC(=O)OC)O[Si](C)(C)C)O[Si](C)(C)C. The van der Waals surface area contributed by atoms with Gasteiger partial charge in [0.25, 0.3) is 0 Å². The Morgan fingerprint density at radius 2 is 0.805 bits per heavy atom. The second kappa shape index (κ2) is 19.5. The average Bonchev–Trinajstić information content (AvgIpc) is 2.78. The highest BCUT2D eigenvalue weighted by molar-refractivity contribution is 6.71. The zero-order valence-corrected chi connectivity index (χ0v) is 33.7. The number of unbranched alkanes of at least 4 members (excludes halogenated alkanes) is 5. The first-order chi connectivity index (χ1) is 18.7. The Kier molecular flexibility index (Phi) is 19.6. The van der Waals surface area contributed by atoms with E-state index in [2.05, 4.69) is 85.5 Å². The molecule has 0 aromatic rings. The van der Waals surface area contributed by atoms with Gasteiger partial charge in [0.2, 0.25) is 0 Å². The summed E-state index contributed by atoms with van der Waals surface area (Å²) in [5.74, 6) is -0.116. The molecule has 10 heteroatoms. The number of hydrogen-bond donors (Lipinski definition) is 0. The molecule has 0 spiro atoms. The van der Waals surface area contributed by atoms with Gasteiger partial charge < -0.3 is 22.4 Å². The first-order valence-corrected chi connectivity index (χ1v) is 30.1. The van der Waals surface area contributed by atoms with Crippen LogP contribution in [0.15, 0.2) is 0 Å². The summed E-state index contributed by atoms with van der Waals surface area (Å²) in [4.78, 5) is 11.5. The number of carbonyl (C=O) groups excluding carboxylic acids is 1. The largest absolute Gasteiger partial charge is 0.469 e. The summed E-state index contributed by atoms with van der Waals surface area (Å²) in [7, 11) is -5.68. The van der Waals surface area contributed by atoms with Crippen LogP contribution in [0.5, 0.6) is 0 Å². The lowest BCUT2D eigenvalue weighted by molar-refractivity contribution is -0.140. The van der Waals surface area contributed by atoms with Gasteiger partial charge in [-0.2, -0.15) is 0 Å². The normalized spacial score (nSPS) is 16.3. The first-order valence-electron chi connectivity index (χ1n) is 16.4. The first kappa shape index (κ1) is 41.2. The molecule has 0 aliphatic carbocycles. The molecule has 0 amide bonds. The average molecular weight is 651 g/mol. The van der Waals surface area contributed by atoms with Gasteiger partial charge in [0.05, 0.1) is 31.5 Å². The van der Waals surface area contributed by atoms with E-state index in [1.165, 1.54) is 26.4 Å². The van der Waals surface area contributed by atoms with Crippen LogP contribution in [0.1, 0.15) is 84.0 Å². The van der Waals surface area contributed by atoms with Gasteiger partial charge in [0.15, 0.2) is 33.3 Å². The van der Waals surface area contributed by atoms with Crippen LogP contribution in [0, 0.1) is 0 Å². The third-order valence-electron chi connectivity index (χ3n) is 6.52. The van der Waals surface area contributed by atoms with Crippen LogP contribution >= 0.6 is 0 Å². The summed E-state index contributed by atoms with van der Waals surface area (Å²) in [5, 5.41) is 0. The fourth-order valence-electron chi connectivity index (χ4n) is 5.09. The van der Waals surface area contributed by atoms with Gasteiger partial charge in [0, 0.05) is 6.42 Å². The quantitative estimate of drug-likeness (QED) is 0.0589. The minimum atomic E-state index is -1.82. The van der Waals surface area contributed by atoms with Crippen molar-refractivity contribution in [1.82, 2.24) is 0 Å². The molecule has 0 heterocycles. The van der Waals surface area contributed by atoms with E-state index < -0.39 is 33.3 Å². The topological polar surface area (TPSA) is 63.2 Å². The highest BCUT2D eigenvalue weighted by atomic mass is 28.4.